The number of unbranched alkanes of at least 4 members (excludes halogenated alkanes) is 1. The van der Waals surface area contributed by atoms with Crippen LogP contribution in [0.4, 0.5) is 10.1 Å². The normalized spacial score (nSPS) is 12.1. The summed E-state index contributed by atoms with van der Waals surface area (Å²) >= 11 is 1.45. The number of amides is 1. The van der Waals surface area contributed by atoms with Gasteiger partial charge in [0.2, 0.25) is 0 Å². The molecule has 0 spiro atoms. The largest absolute Gasteiger partial charge is 0.312 e. The van der Waals surface area contributed by atoms with Crippen LogP contribution in [0, 0.1) is 5.82 Å². The lowest BCUT2D eigenvalue weighted by Crippen LogP contribution is -2.16. The molecule has 0 atom stereocenters. The van der Waals surface area contributed by atoms with E-state index in [0.717, 1.165) is 41.6 Å². The first kappa shape index (κ1) is 25.5. The summed E-state index contributed by atoms with van der Waals surface area (Å²) < 4.78 is 43.6. The Labute approximate surface area is 213 Å². The highest BCUT2D eigenvalue weighted by molar-refractivity contribution is 7.92. The van der Waals surface area contributed by atoms with Crippen molar-refractivity contribution in [2.75, 3.05) is 4.72 Å². The summed E-state index contributed by atoms with van der Waals surface area (Å²) in [5.74, 6) is -0.955. The van der Waals surface area contributed by atoms with E-state index in [9.17, 15) is 17.6 Å². The molecule has 36 heavy (non-hydrogen) atoms. The molecule has 1 N–H and O–H groups in total. The molecule has 3 aromatic carbocycles. The molecule has 0 saturated heterocycles. The maximum atomic E-state index is 13.1. The predicted octanol–water partition coefficient (Wildman–Crippen LogP) is 5.91. The van der Waals surface area contributed by atoms with E-state index in [1.807, 2.05) is 4.57 Å². The van der Waals surface area contributed by atoms with Gasteiger partial charge in [-0.3, -0.25) is 9.52 Å². The Morgan fingerprint density at radius 3 is 2.50 bits per heavy atom. The van der Waals surface area contributed by atoms with Crippen molar-refractivity contribution in [3.05, 3.63) is 101 Å². The summed E-state index contributed by atoms with van der Waals surface area (Å²) in [5.41, 5.74) is 2.86. The fourth-order valence-corrected chi connectivity index (χ4v) is 5.87. The average molecular weight is 524 g/mol. The zero-order valence-corrected chi connectivity index (χ0v) is 21.4. The molecule has 1 aromatic heterocycles. The first-order valence-electron chi connectivity index (χ1n) is 11.5. The molecule has 4 rings (SSSR count). The van der Waals surface area contributed by atoms with Crippen molar-refractivity contribution in [1.29, 1.82) is 0 Å². The number of aromatic nitrogens is 1. The van der Waals surface area contributed by atoms with Gasteiger partial charge >= 0.3 is 0 Å². The van der Waals surface area contributed by atoms with Crippen LogP contribution in [0.3, 0.4) is 0 Å². The number of nitrogens with zero attached hydrogens (tertiary/aromatic N) is 2. The van der Waals surface area contributed by atoms with Crippen LogP contribution in [0.5, 0.6) is 0 Å². The Bertz CT molecular complexity index is 1570. The molecule has 0 unspecified atom stereocenters. The molecule has 0 radical (unpaired) electrons. The number of carbonyl (C=O) groups excluding carboxylic acids is 1. The van der Waals surface area contributed by atoms with E-state index in [-0.39, 0.29) is 10.6 Å². The van der Waals surface area contributed by atoms with Crippen molar-refractivity contribution in [2.24, 2.45) is 4.99 Å². The number of carbonyl (C=O) groups is 1. The Hall–Kier alpha value is -3.56. The van der Waals surface area contributed by atoms with Gasteiger partial charge in [0.15, 0.2) is 4.80 Å². The molecule has 9 heteroatoms. The van der Waals surface area contributed by atoms with Crippen molar-refractivity contribution in [3.63, 3.8) is 0 Å². The van der Waals surface area contributed by atoms with Gasteiger partial charge in [-0.25, -0.2) is 12.8 Å². The van der Waals surface area contributed by atoms with Crippen LogP contribution in [-0.4, -0.2) is 18.9 Å². The summed E-state index contributed by atoms with van der Waals surface area (Å²) in [6, 6.07) is 16.9. The average Bonchev–Trinajstić information content (AvgIpc) is 3.19. The number of fused-ring (bicyclic) bond motifs is 1. The number of aryl methyl sites for hydroxylation is 1. The summed E-state index contributed by atoms with van der Waals surface area (Å²) in [5, 5.41) is 0. The first-order chi connectivity index (χ1) is 17.3. The van der Waals surface area contributed by atoms with Gasteiger partial charge in [0.05, 0.1) is 15.1 Å². The molecule has 1 heterocycles. The van der Waals surface area contributed by atoms with Gasteiger partial charge in [-0.2, -0.15) is 4.99 Å². The lowest BCUT2D eigenvalue weighted by atomic mass is 10.1. The minimum atomic E-state index is -3.88. The van der Waals surface area contributed by atoms with Gasteiger partial charge in [0, 0.05) is 17.8 Å². The SMILES string of the molecule is C=CCn1c(=NC(=O)c2ccc(NS(=O)(=O)c3ccc(F)cc3)cc2)sc2cc(CCCC)ccc21. The number of anilines is 1. The van der Waals surface area contributed by atoms with Crippen LogP contribution in [0.1, 0.15) is 35.7 Å². The number of sulfonamides is 1. The highest BCUT2D eigenvalue weighted by Gasteiger charge is 2.15. The van der Waals surface area contributed by atoms with Gasteiger partial charge in [-0.15, -0.1) is 6.58 Å². The molecular formula is C27H26FN3O3S2. The molecule has 0 aliphatic heterocycles. The number of rotatable bonds is 9. The molecule has 1 amide bonds. The van der Waals surface area contributed by atoms with Gasteiger partial charge in [-0.05, 0) is 79.1 Å². The van der Waals surface area contributed by atoms with Crippen molar-refractivity contribution >= 4 is 43.2 Å². The Kier molecular flexibility index (Phi) is 7.81. The highest BCUT2D eigenvalue weighted by atomic mass is 32.2. The Morgan fingerprint density at radius 1 is 1.11 bits per heavy atom. The van der Waals surface area contributed by atoms with Crippen molar-refractivity contribution in [1.82, 2.24) is 4.57 Å². The Balaban J connectivity index is 1.59. The number of nitrogens with one attached hydrogen (secondary N) is 1. The van der Waals surface area contributed by atoms with Gasteiger partial charge in [-0.1, -0.05) is 36.8 Å². The monoisotopic (exact) mass is 523 g/mol. The number of thiazole rings is 1. The van der Waals surface area contributed by atoms with Crippen LogP contribution in [0.25, 0.3) is 10.2 Å². The predicted molar refractivity (Wildman–Crippen MR) is 142 cm³/mol. The number of hydrogen-bond acceptors (Lipinski definition) is 4. The van der Waals surface area contributed by atoms with E-state index in [2.05, 4.69) is 41.4 Å². The molecule has 4 aromatic rings. The number of allylic oxidation sites excluding steroid dienone is 1. The molecule has 186 valence electrons. The van der Waals surface area contributed by atoms with Crippen molar-refractivity contribution in [2.45, 2.75) is 37.6 Å². The van der Waals surface area contributed by atoms with Gasteiger partial charge in [0.1, 0.15) is 5.82 Å². The van der Waals surface area contributed by atoms with E-state index >= 15 is 0 Å². The van der Waals surface area contributed by atoms with E-state index in [4.69, 9.17) is 0 Å². The molecular weight excluding hydrogens is 497 g/mol. The van der Waals surface area contributed by atoms with Crippen LogP contribution < -0.4 is 9.52 Å². The minimum absolute atomic E-state index is 0.0616. The summed E-state index contributed by atoms with van der Waals surface area (Å²) in [6.07, 6.45) is 5.02. The van der Waals surface area contributed by atoms with E-state index in [1.54, 1.807) is 6.08 Å². The maximum Gasteiger partial charge on any atom is 0.279 e. The van der Waals surface area contributed by atoms with Gasteiger partial charge in [0.25, 0.3) is 15.9 Å². The zero-order valence-electron chi connectivity index (χ0n) is 19.8. The smallest absolute Gasteiger partial charge is 0.279 e. The summed E-state index contributed by atoms with van der Waals surface area (Å²) in [6.45, 7) is 6.51. The summed E-state index contributed by atoms with van der Waals surface area (Å²) in [7, 11) is -3.88. The van der Waals surface area contributed by atoms with Crippen LogP contribution >= 0.6 is 11.3 Å². The number of benzene rings is 3. The number of hydrogen-bond donors (Lipinski definition) is 1. The molecule has 0 saturated carbocycles. The second-order valence-electron chi connectivity index (χ2n) is 8.24. The molecule has 0 aliphatic rings. The lowest BCUT2D eigenvalue weighted by molar-refractivity contribution is 0.0998. The maximum absolute atomic E-state index is 13.1. The third-order valence-corrected chi connectivity index (χ3v) is 8.02. The van der Waals surface area contributed by atoms with E-state index < -0.39 is 21.7 Å². The molecule has 0 aliphatic carbocycles. The standard InChI is InChI=1S/C27H26FN3O3S2/c1-3-5-6-19-7-16-24-25(18-19)35-27(31(24)17-4-2)29-26(32)20-8-12-22(13-9-20)30-36(33,34)23-14-10-21(28)11-15-23/h4,7-16,18,30H,2-3,5-6,17H2,1H3. The molecule has 0 fully saturated rings. The fraction of sp³-hybridized carbons (Fsp3) is 0.185. The van der Waals surface area contributed by atoms with Crippen LogP contribution in [-0.2, 0) is 23.0 Å². The van der Waals surface area contributed by atoms with Crippen molar-refractivity contribution < 1.29 is 17.6 Å². The van der Waals surface area contributed by atoms with Crippen LogP contribution in [0.15, 0.2) is 89.3 Å². The second-order valence-corrected chi connectivity index (χ2v) is 10.9. The van der Waals surface area contributed by atoms with E-state index in [1.165, 1.54) is 53.3 Å². The van der Waals surface area contributed by atoms with Gasteiger partial charge < -0.3 is 4.57 Å². The highest BCUT2D eigenvalue weighted by Crippen LogP contribution is 2.21. The lowest BCUT2D eigenvalue weighted by Gasteiger charge is -2.08. The van der Waals surface area contributed by atoms with Crippen LogP contribution in [0.2, 0.25) is 0 Å². The fourth-order valence-electron chi connectivity index (χ4n) is 3.70. The molecule has 0 bridgehead atoms. The Morgan fingerprint density at radius 2 is 1.83 bits per heavy atom. The molecule has 6 nitrogen and oxygen atoms in total. The minimum Gasteiger partial charge on any atom is -0.312 e. The first-order valence-corrected chi connectivity index (χ1v) is 13.8. The third kappa shape index (κ3) is 5.80. The zero-order chi connectivity index (χ0) is 25.7. The van der Waals surface area contributed by atoms with E-state index in [0.29, 0.717) is 16.9 Å². The second kappa shape index (κ2) is 11.0. The van der Waals surface area contributed by atoms with Crippen molar-refractivity contribution in [3.8, 4) is 0 Å². The number of halogens is 1. The third-order valence-electron chi connectivity index (χ3n) is 5.58. The summed E-state index contributed by atoms with van der Waals surface area (Å²) in [4.78, 5) is 17.8. The topological polar surface area (TPSA) is 80.5 Å². The quantitative estimate of drug-likeness (QED) is 0.277.